The molecule has 1 saturated heterocycles. The number of likely N-dealkylation sites (N-methyl/N-ethyl adjacent to an activating group) is 1. The molecule has 1 unspecified atom stereocenters. The largest absolute Gasteiger partial charge is 0.497 e. The van der Waals surface area contributed by atoms with Crippen molar-refractivity contribution in [2.24, 2.45) is 0 Å². The van der Waals surface area contributed by atoms with Crippen molar-refractivity contribution < 1.29 is 19.3 Å². The number of methoxy groups -OCH3 is 1. The van der Waals surface area contributed by atoms with Gasteiger partial charge in [0.15, 0.2) is 0 Å². The van der Waals surface area contributed by atoms with Crippen molar-refractivity contribution in [1.29, 1.82) is 5.41 Å². The molecule has 0 aliphatic carbocycles. The maximum absolute atomic E-state index is 10.0. The number of hydrogen-bond donors (Lipinski definition) is 4. The number of aromatic nitrogens is 1. The Hall–Kier alpha value is -2.88. The number of aliphatic hydroxyl groups excluding tert-OH is 1. The summed E-state index contributed by atoms with van der Waals surface area (Å²) in [7, 11) is 3.39. The van der Waals surface area contributed by atoms with Crippen molar-refractivity contribution in [2.45, 2.75) is 26.0 Å². The molecule has 33 heavy (non-hydrogen) atoms. The summed E-state index contributed by atoms with van der Waals surface area (Å²) in [5, 5.41) is 24.4. The molecule has 0 saturated carbocycles. The van der Waals surface area contributed by atoms with Crippen LogP contribution in [0.4, 0.5) is 11.5 Å². The number of anilines is 2. The lowest BCUT2D eigenvalue weighted by Crippen LogP contribution is -2.37. The highest BCUT2D eigenvalue weighted by atomic mass is 16.5. The molecule has 1 atom stereocenters. The van der Waals surface area contributed by atoms with E-state index in [9.17, 15) is 5.11 Å². The smallest absolute Gasteiger partial charge is 0.137 e. The van der Waals surface area contributed by atoms with Crippen molar-refractivity contribution in [3.8, 4) is 22.8 Å². The van der Waals surface area contributed by atoms with E-state index in [1.807, 2.05) is 32.0 Å². The van der Waals surface area contributed by atoms with Gasteiger partial charge in [-0.2, -0.15) is 0 Å². The number of ether oxygens (including phenoxy) is 3. The molecule has 1 fully saturated rings. The third kappa shape index (κ3) is 6.56. The van der Waals surface area contributed by atoms with Crippen molar-refractivity contribution in [1.82, 2.24) is 10.3 Å². The maximum atomic E-state index is 10.0. The highest BCUT2D eigenvalue weighted by molar-refractivity contribution is 5.94. The van der Waals surface area contributed by atoms with E-state index >= 15 is 0 Å². The summed E-state index contributed by atoms with van der Waals surface area (Å²) < 4.78 is 16.9. The molecule has 1 aliphatic heterocycles. The number of nitrogens with one attached hydrogen (secondary N) is 3. The van der Waals surface area contributed by atoms with Crippen LogP contribution in [0, 0.1) is 5.41 Å². The van der Waals surface area contributed by atoms with Crippen LogP contribution in [-0.4, -0.2) is 82.1 Å². The van der Waals surface area contributed by atoms with Gasteiger partial charge in [0, 0.05) is 43.5 Å². The molecule has 1 aliphatic rings. The van der Waals surface area contributed by atoms with Crippen LogP contribution in [0.25, 0.3) is 11.3 Å². The van der Waals surface area contributed by atoms with Gasteiger partial charge in [-0.15, -0.1) is 0 Å². The minimum absolute atomic E-state index is 0.154. The second-order valence-corrected chi connectivity index (χ2v) is 8.25. The van der Waals surface area contributed by atoms with E-state index in [1.165, 1.54) is 6.21 Å². The molecule has 0 spiro atoms. The molecule has 0 radical (unpaired) electrons. The van der Waals surface area contributed by atoms with Crippen LogP contribution in [-0.2, 0) is 4.74 Å². The normalized spacial score (nSPS) is 14.8. The molecule has 0 amide bonds. The number of pyridine rings is 1. The fraction of sp³-hybridized carbons (Fsp3) is 0.500. The first-order valence-corrected chi connectivity index (χ1v) is 11.2. The van der Waals surface area contributed by atoms with Gasteiger partial charge in [-0.05, 0) is 39.1 Å². The summed E-state index contributed by atoms with van der Waals surface area (Å²) in [5.74, 6) is 1.88. The third-order valence-corrected chi connectivity index (χ3v) is 5.25. The van der Waals surface area contributed by atoms with Gasteiger partial charge in [-0.25, -0.2) is 4.98 Å². The Balaban J connectivity index is 2.04. The van der Waals surface area contributed by atoms with E-state index in [0.717, 1.165) is 35.6 Å². The fourth-order valence-electron chi connectivity index (χ4n) is 3.69. The monoisotopic (exact) mass is 457 g/mol. The topological polar surface area (TPSA) is 112 Å². The number of rotatable bonds is 11. The van der Waals surface area contributed by atoms with E-state index in [0.29, 0.717) is 37.1 Å². The Kier molecular flexibility index (Phi) is 8.87. The minimum Gasteiger partial charge on any atom is -0.497 e. The van der Waals surface area contributed by atoms with Crippen molar-refractivity contribution in [2.75, 3.05) is 63.8 Å². The lowest BCUT2D eigenvalue weighted by molar-refractivity contribution is 0.108. The Morgan fingerprint density at radius 2 is 1.94 bits per heavy atom. The summed E-state index contributed by atoms with van der Waals surface area (Å²) in [6.45, 7) is 7.49. The fourth-order valence-corrected chi connectivity index (χ4v) is 3.69. The highest BCUT2D eigenvalue weighted by Gasteiger charge is 2.20. The summed E-state index contributed by atoms with van der Waals surface area (Å²) in [5.41, 5.74) is 3.26. The molecule has 180 valence electrons. The molecular weight excluding hydrogens is 422 g/mol. The van der Waals surface area contributed by atoms with Gasteiger partial charge in [0.25, 0.3) is 0 Å². The summed E-state index contributed by atoms with van der Waals surface area (Å²) in [6.07, 6.45) is 0.736. The second-order valence-electron chi connectivity index (χ2n) is 8.25. The first-order valence-electron chi connectivity index (χ1n) is 11.2. The SMILES string of the molecule is CNCC(O)COc1cc(OC)cc(-c2cc(N3CCOCC3)c(C=N)c(NC(C)C)n2)c1. The van der Waals surface area contributed by atoms with Crippen LogP contribution in [0.15, 0.2) is 24.3 Å². The number of morpholine rings is 1. The van der Waals surface area contributed by atoms with Gasteiger partial charge in [0.05, 0.1) is 37.3 Å². The molecule has 9 nitrogen and oxygen atoms in total. The zero-order valence-corrected chi connectivity index (χ0v) is 19.9. The molecule has 1 aromatic heterocycles. The van der Waals surface area contributed by atoms with Crippen molar-refractivity contribution in [3.05, 3.63) is 29.8 Å². The van der Waals surface area contributed by atoms with E-state index in [4.69, 9.17) is 24.6 Å². The second kappa shape index (κ2) is 11.8. The van der Waals surface area contributed by atoms with Crippen molar-refractivity contribution in [3.63, 3.8) is 0 Å². The zero-order valence-electron chi connectivity index (χ0n) is 19.9. The van der Waals surface area contributed by atoms with Gasteiger partial charge in [0.1, 0.15) is 30.0 Å². The molecular formula is C24H35N5O4. The Morgan fingerprint density at radius 3 is 2.58 bits per heavy atom. The molecule has 2 aromatic rings. The first-order chi connectivity index (χ1) is 15.9. The van der Waals surface area contributed by atoms with E-state index in [1.54, 1.807) is 20.2 Å². The average Bonchev–Trinajstić information content (AvgIpc) is 2.82. The Labute approximate surface area is 195 Å². The number of nitrogens with zero attached hydrogens (tertiary/aromatic N) is 2. The maximum Gasteiger partial charge on any atom is 0.137 e. The zero-order chi connectivity index (χ0) is 23.8. The van der Waals surface area contributed by atoms with Crippen LogP contribution in [0.5, 0.6) is 11.5 Å². The van der Waals surface area contributed by atoms with Crippen LogP contribution >= 0.6 is 0 Å². The number of hydrogen-bond acceptors (Lipinski definition) is 9. The van der Waals surface area contributed by atoms with Crippen molar-refractivity contribution >= 4 is 17.7 Å². The standard InChI is InChI=1S/C24H35N5O4/c1-16(2)27-24-21(13-25)23(29-5-7-32-8-6-29)12-22(28-24)17-9-19(31-4)11-20(10-17)33-15-18(30)14-26-3/h9-13,16,18,25-26,30H,5-8,14-15H2,1-4H3,(H,27,28). The quantitative estimate of drug-likeness (QED) is 0.381. The average molecular weight is 458 g/mol. The summed E-state index contributed by atoms with van der Waals surface area (Å²) in [4.78, 5) is 7.09. The van der Waals surface area contributed by atoms with Crippen LogP contribution in [0.2, 0.25) is 0 Å². The van der Waals surface area contributed by atoms with Gasteiger partial charge in [0.2, 0.25) is 0 Å². The Bertz CT molecular complexity index is 931. The molecule has 4 N–H and O–H groups in total. The van der Waals surface area contributed by atoms with E-state index in [-0.39, 0.29) is 12.6 Å². The molecule has 9 heteroatoms. The predicted molar refractivity (Wildman–Crippen MR) is 131 cm³/mol. The molecule has 3 rings (SSSR count). The highest BCUT2D eigenvalue weighted by Crippen LogP contribution is 2.35. The summed E-state index contributed by atoms with van der Waals surface area (Å²) >= 11 is 0. The lowest BCUT2D eigenvalue weighted by atomic mass is 10.1. The predicted octanol–water partition coefficient (Wildman–Crippen LogP) is 2.37. The molecule has 1 aromatic carbocycles. The van der Waals surface area contributed by atoms with Gasteiger partial charge >= 0.3 is 0 Å². The minimum atomic E-state index is -0.621. The van der Waals surface area contributed by atoms with Gasteiger partial charge in [-0.1, -0.05) is 0 Å². The molecule has 0 bridgehead atoms. The summed E-state index contributed by atoms with van der Waals surface area (Å²) in [6, 6.07) is 7.75. The van der Waals surface area contributed by atoms with E-state index < -0.39 is 6.10 Å². The number of benzene rings is 1. The van der Waals surface area contributed by atoms with E-state index in [2.05, 4.69) is 15.5 Å². The molecule has 2 heterocycles. The lowest BCUT2D eigenvalue weighted by Gasteiger charge is -2.31. The number of aliphatic hydroxyl groups is 1. The Morgan fingerprint density at radius 1 is 1.21 bits per heavy atom. The van der Waals surface area contributed by atoms with Crippen LogP contribution < -0.4 is 25.0 Å². The third-order valence-electron chi connectivity index (χ3n) is 5.25. The first kappa shape index (κ1) is 24.8. The van der Waals surface area contributed by atoms with Crippen LogP contribution in [0.3, 0.4) is 0 Å². The van der Waals surface area contributed by atoms with Gasteiger partial charge < -0.3 is 40.3 Å². The van der Waals surface area contributed by atoms with Crippen LogP contribution in [0.1, 0.15) is 19.4 Å². The van der Waals surface area contributed by atoms with Gasteiger partial charge in [-0.3, -0.25) is 0 Å².